The molecular formula is C11H26O5. The first-order chi connectivity index (χ1) is 7.51. The highest BCUT2D eigenvalue weighted by Crippen LogP contribution is 1.93. The van der Waals surface area contributed by atoms with Crippen LogP contribution in [0.2, 0.25) is 0 Å². The number of aliphatic hydroxyl groups is 2. The Labute approximate surface area is 98.3 Å². The van der Waals surface area contributed by atoms with E-state index in [0.29, 0.717) is 13.0 Å². The van der Waals surface area contributed by atoms with E-state index in [1.165, 1.54) is 7.11 Å². The second kappa shape index (κ2) is 12.9. The van der Waals surface area contributed by atoms with Crippen LogP contribution >= 0.6 is 0 Å². The van der Waals surface area contributed by atoms with Gasteiger partial charge in [0.05, 0.1) is 25.4 Å². The molecule has 0 saturated carbocycles. The van der Waals surface area contributed by atoms with E-state index in [4.69, 9.17) is 19.7 Å². The van der Waals surface area contributed by atoms with Gasteiger partial charge >= 0.3 is 0 Å². The first kappa shape index (κ1) is 18.2. The van der Waals surface area contributed by atoms with Crippen LogP contribution in [0.15, 0.2) is 0 Å². The lowest BCUT2D eigenvalue weighted by Crippen LogP contribution is -2.21. The van der Waals surface area contributed by atoms with Crippen LogP contribution in [0.25, 0.3) is 0 Å². The summed E-state index contributed by atoms with van der Waals surface area (Å²) in [5.74, 6) is 0. The minimum Gasteiger partial charge on any atom is -0.394 e. The fourth-order valence-electron chi connectivity index (χ4n) is 0.587. The van der Waals surface area contributed by atoms with E-state index in [9.17, 15) is 0 Å². The second-order valence-corrected chi connectivity index (χ2v) is 3.47. The summed E-state index contributed by atoms with van der Waals surface area (Å²) in [6.45, 7) is 6.20. The number of aliphatic hydroxyl groups excluding tert-OH is 2. The van der Waals surface area contributed by atoms with Gasteiger partial charge in [-0.1, -0.05) is 6.92 Å². The first-order valence-corrected chi connectivity index (χ1v) is 5.47. The van der Waals surface area contributed by atoms with Gasteiger partial charge in [0.15, 0.2) is 6.29 Å². The number of ether oxygens (including phenoxy) is 3. The van der Waals surface area contributed by atoms with Crippen molar-refractivity contribution in [3.63, 3.8) is 0 Å². The fraction of sp³-hybridized carbons (Fsp3) is 1.00. The lowest BCUT2D eigenvalue weighted by atomic mass is 10.4. The SMILES string of the molecule is CCC(O)OC.COC(C)COC(C)CO. The summed E-state index contributed by atoms with van der Waals surface area (Å²) >= 11 is 0. The Morgan fingerprint density at radius 1 is 1.06 bits per heavy atom. The third kappa shape index (κ3) is 13.8. The highest BCUT2D eigenvalue weighted by atomic mass is 16.6. The van der Waals surface area contributed by atoms with Crippen LogP contribution in [0.4, 0.5) is 0 Å². The summed E-state index contributed by atoms with van der Waals surface area (Å²) in [5.41, 5.74) is 0. The van der Waals surface area contributed by atoms with E-state index in [2.05, 4.69) is 4.74 Å². The molecule has 100 valence electrons. The molecular weight excluding hydrogens is 212 g/mol. The minimum absolute atomic E-state index is 0.0659. The molecule has 0 rings (SSSR count). The van der Waals surface area contributed by atoms with E-state index in [1.807, 2.05) is 20.8 Å². The van der Waals surface area contributed by atoms with Crippen LogP contribution in [0.5, 0.6) is 0 Å². The average Bonchev–Trinajstić information content (AvgIpc) is 2.34. The van der Waals surface area contributed by atoms with Crippen LogP contribution in [0.3, 0.4) is 0 Å². The van der Waals surface area contributed by atoms with Crippen molar-refractivity contribution in [3.8, 4) is 0 Å². The smallest absolute Gasteiger partial charge is 0.153 e. The predicted molar refractivity (Wildman–Crippen MR) is 62.3 cm³/mol. The molecule has 0 aliphatic carbocycles. The third-order valence-electron chi connectivity index (χ3n) is 1.90. The van der Waals surface area contributed by atoms with E-state index < -0.39 is 6.29 Å². The zero-order valence-electron chi connectivity index (χ0n) is 11.0. The Hall–Kier alpha value is -0.200. The number of methoxy groups -OCH3 is 2. The van der Waals surface area contributed by atoms with Crippen molar-refractivity contribution >= 4 is 0 Å². The monoisotopic (exact) mass is 238 g/mol. The van der Waals surface area contributed by atoms with Crippen molar-refractivity contribution in [1.82, 2.24) is 0 Å². The molecule has 3 unspecified atom stereocenters. The van der Waals surface area contributed by atoms with Gasteiger partial charge in [-0.3, -0.25) is 0 Å². The zero-order chi connectivity index (χ0) is 13.0. The molecule has 0 bridgehead atoms. The fourth-order valence-corrected chi connectivity index (χ4v) is 0.587. The van der Waals surface area contributed by atoms with Gasteiger partial charge in [-0.15, -0.1) is 0 Å². The summed E-state index contributed by atoms with van der Waals surface area (Å²) in [6, 6.07) is 0. The van der Waals surface area contributed by atoms with Gasteiger partial charge in [-0.25, -0.2) is 0 Å². The normalized spacial score (nSPS) is 15.9. The minimum atomic E-state index is -0.565. The molecule has 0 heterocycles. The van der Waals surface area contributed by atoms with Gasteiger partial charge in [-0.05, 0) is 20.3 Å². The Morgan fingerprint density at radius 2 is 1.62 bits per heavy atom. The van der Waals surface area contributed by atoms with Gasteiger partial charge in [0.1, 0.15) is 0 Å². The molecule has 0 fully saturated rings. The molecule has 5 heteroatoms. The second-order valence-electron chi connectivity index (χ2n) is 3.47. The van der Waals surface area contributed by atoms with Gasteiger partial charge in [0.2, 0.25) is 0 Å². The number of hydrogen-bond donors (Lipinski definition) is 2. The number of hydrogen-bond acceptors (Lipinski definition) is 5. The molecule has 5 nitrogen and oxygen atoms in total. The molecule has 16 heavy (non-hydrogen) atoms. The van der Waals surface area contributed by atoms with Crippen molar-refractivity contribution in [2.45, 2.75) is 45.7 Å². The summed E-state index contributed by atoms with van der Waals surface area (Å²) in [6.07, 6.45) is 0.118. The van der Waals surface area contributed by atoms with Crippen LogP contribution in [0, 0.1) is 0 Å². The van der Waals surface area contributed by atoms with E-state index in [-0.39, 0.29) is 18.8 Å². The molecule has 0 amide bonds. The van der Waals surface area contributed by atoms with Crippen LogP contribution in [0.1, 0.15) is 27.2 Å². The first-order valence-electron chi connectivity index (χ1n) is 5.47. The van der Waals surface area contributed by atoms with Gasteiger partial charge in [0.25, 0.3) is 0 Å². The summed E-state index contributed by atoms with van der Waals surface area (Å²) < 4.78 is 14.6. The van der Waals surface area contributed by atoms with E-state index >= 15 is 0 Å². The van der Waals surface area contributed by atoms with Crippen LogP contribution in [-0.4, -0.2) is 56.1 Å². The highest BCUT2D eigenvalue weighted by molar-refractivity contribution is 4.49. The zero-order valence-corrected chi connectivity index (χ0v) is 11.0. The standard InChI is InChI=1S/C7H16O3.C4H10O2/c1-6(4-8)10-5-7(2)9-3;1-3-4(5)6-2/h6-8H,4-5H2,1-3H3;4-5H,3H2,1-2H3. The van der Waals surface area contributed by atoms with Gasteiger partial charge in [0, 0.05) is 14.2 Å². The summed E-state index contributed by atoms with van der Waals surface area (Å²) in [7, 11) is 3.12. The van der Waals surface area contributed by atoms with E-state index in [0.717, 1.165) is 0 Å². The van der Waals surface area contributed by atoms with Crippen molar-refractivity contribution in [2.75, 3.05) is 27.4 Å². The molecule has 3 atom stereocenters. The lowest BCUT2D eigenvalue weighted by Gasteiger charge is -2.13. The maximum Gasteiger partial charge on any atom is 0.153 e. The van der Waals surface area contributed by atoms with Gasteiger partial charge < -0.3 is 24.4 Å². The molecule has 0 aliphatic rings. The predicted octanol–water partition coefficient (Wildman–Crippen LogP) is 0.780. The van der Waals surface area contributed by atoms with Crippen LogP contribution < -0.4 is 0 Å². The maximum absolute atomic E-state index is 8.55. The summed E-state index contributed by atoms with van der Waals surface area (Å²) in [5, 5.41) is 17.0. The van der Waals surface area contributed by atoms with Crippen LogP contribution in [-0.2, 0) is 14.2 Å². The van der Waals surface area contributed by atoms with Crippen molar-refractivity contribution < 1.29 is 24.4 Å². The topological polar surface area (TPSA) is 68.2 Å². The Kier molecular flexibility index (Phi) is 14.6. The molecule has 0 aromatic carbocycles. The van der Waals surface area contributed by atoms with Gasteiger partial charge in [-0.2, -0.15) is 0 Å². The van der Waals surface area contributed by atoms with E-state index in [1.54, 1.807) is 7.11 Å². The average molecular weight is 238 g/mol. The third-order valence-corrected chi connectivity index (χ3v) is 1.90. The molecule has 0 aromatic rings. The molecule has 2 N–H and O–H groups in total. The van der Waals surface area contributed by atoms with Crippen molar-refractivity contribution in [2.24, 2.45) is 0 Å². The highest BCUT2D eigenvalue weighted by Gasteiger charge is 2.03. The largest absolute Gasteiger partial charge is 0.394 e. The Bertz CT molecular complexity index is 118. The Balaban J connectivity index is 0. The van der Waals surface area contributed by atoms with Crippen molar-refractivity contribution in [3.05, 3.63) is 0 Å². The molecule has 0 spiro atoms. The molecule has 0 aromatic heterocycles. The number of rotatable bonds is 7. The molecule has 0 saturated heterocycles. The maximum atomic E-state index is 8.55. The summed E-state index contributed by atoms with van der Waals surface area (Å²) in [4.78, 5) is 0. The Morgan fingerprint density at radius 3 is 1.88 bits per heavy atom. The quantitative estimate of drug-likeness (QED) is 0.642. The molecule has 0 radical (unpaired) electrons. The van der Waals surface area contributed by atoms with Crippen molar-refractivity contribution in [1.29, 1.82) is 0 Å². The molecule has 0 aliphatic heterocycles. The lowest BCUT2D eigenvalue weighted by molar-refractivity contribution is -0.0748.